The summed E-state index contributed by atoms with van der Waals surface area (Å²) in [5.41, 5.74) is 4.00. The molecule has 0 radical (unpaired) electrons. The Morgan fingerprint density at radius 3 is 2.25 bits per heavy atom. The van der Waals surface area contributed by atoms with Crippen molar-refractivity contribution in [2.45, 2.75) is 13.0 Å². The summed E-state index contributed by atoms with van der Waals surface area (Å²) in [6, 6.07) is 23.2. The Balaban J connectivity index is 1.70. The fourth-order valence-corrected chi connectivity index (χ4v) is 3.07. The van der Waals surface area contributed by atoms with Crippen molar-refractivity contribution in [1.29, 1.82) is 0 Å². The Hall–Kier alpha value is -3.73. The first-order valence-electron chi connectivity index (χ1n) is 9.13. The van der Waals surface area contributed by atoms with Crippen molar-refractivity contribution in [2.24, 2.45) is 0 Å². The van der Waals surface area contributed by atoms with Crippen molar-refractivity contribution in [2.75, 3.05) is 0 Å². The number of benzene rings is 2. The molecule has 138 valence electrons. The van der Waals surface area contributed by atoms with E-state index in [2.05, 4.69) is 10.3 Å². The van der Waals surface area contributed by atoms with Crippen LogP contribution in [0.3, 0.4) is 0 Å². The number of nitrogens with zero attached hydrogens (tertiary/aromatic N) is 3. The summed E-state index contributed by atoms with van der Waals surface area (Å²) in [7, 11) is 0. The van der Waals surface area contributed by atoms with E-state index >= 15 is 0 Å². The number of carbonyl (C=O) groups excluding carboxylic acids is 1. The van der Waals surface area contributed by atoms with Gasteiger partial charge in [0.05, 0.1) is 17.3 Å². The zero-order valence-corrected chi connectivity index (χ0v) is 15.5. The van der Waals surface area contributed by atoms with Crippen LogP contribution in [0.15, 0.2) is 91.4 Å². The first kappa shape index (κ1) is 17.7. The molecule has 1 amide bonds. The van der Waals surface area contributed by atoms with E-state index in [-0.39, 0.29) is 11.9 Å². The Labute approximate surface area is 163 Å². The molecule has 1 atom stereocenters. The molecule has 0 aliphatic rings. The third kappa shape index (κ3) is 3.69. The molecular weight excluding hydrogens is 348 g/mol. The number of hydrogen-bond acceptors (Lipinski definition) is 3. The van der Waals surface area contributed by atoms with E-state index < -0.39 is 0 Å². The van der Waals surface area contributed by atoms with E-state index in [1.807, 2.05) is 79.7 Å². The molecule has 2 aromatic carbocycles. The van der Waals surface area contributed by atoms with Crippen molar-refractivity contribution >= 4 is 5.91 Å². The van der Waals surface area contributed by atoms with Crippen molar-refractivity contribution in [3.63, 3.8) is 0 Å². The molecule has 28 heavy (non-hydrogen) atoms. The quantitative estimate of drug-likeness (QED) is 0.567. The lowest BCUT2D eigenvalue weighted by molar-refractivity contribution is 0.0940. The average molecular weight is 368 g/mol. The van der Waals surface area contributed by atoms with Crippen LogP contribution in [-0.2, 0) is 0 Å². The smallest absolute Gasteiger partial charge is 0.255 e. The summed E-state index contributed by atoms with van der Waals surface area (Å²) < 4.78 is 1.74. The molecule has 0 fully saturated rings. The van der Waals surface area contributed by atoms with Gasteiger partial charge in [-0.3, -0.25) is 9.78 Å². The lowest BCUT2D eigenvalue weighted by Crippen LogP contribution is -2.26. The molecule has 0 bridgehead atoms. The van der Waals surface area contributed by atoms with E-state index in [9.17, 15) is 4.79 Å². The number of nitrogens with one attached hydrogen (secondary N) is 1. The van der Waals surface area contributed by atoms with Gasteiger partial charge >= 0.3 is 0 Å². The minimum absolute atomic E-state index is 0.140. The summed E-state index contributed by atoms with van der Waals surface area (Å²) >= 11 is 0. The van der Waals surface area contributed by atoms with Gasteiger partial charge in [0.15, 0.2) is 0 Å². The summed E-state index contributed by atoms with van der Waals surface area (Å²) in [6.07, 6.45) is 5.23. The van der Waals surface area contributed by atoms with Crippen LogP contribution in [0.5, 0.6) is 0 Å². The minimum atomic E-state index is -0.162. The molecule has 2 heterocycles. The second-order valence-electron chi connectivity index (χ2n) is 6.51. The van der Waals surface area contributed by atoms with Gasteiger partial charge in [-0.25, -0.2) is 4.68 Å². The fourth-order valence-electron chi connectivity index (χ4n) is 3.07. The molecular formula is C23H20N4O. The standard InChI is InChI=1S/C23H20N4O/c1-17(18-12-14-24-15-13-18)25-23(28)21-16-27(20-10-6-3-7-11-20)26-22(21)19-8-4-2-5-9-19/h2-17H,1H3,(H,25,28). The lowest BCUT2D eigenvalue weighted by atomic mass is 10.1. The van der Waals surface area contributed by atoms with E-state index in [4.69, 9.17) is 5.10 Å². The van der Waals surface area contributed by atoms with Gasteiger partial charge in [-0.15, -0.1) is 0 Å². The molecule has 4 rings (SSSR count). The van der Waals surface area contributed by atoms with E-state index in [0.717, 1.165) is 16.8 Å². The fraction of sp³-hybridized carbons (Fsp3) is 0.0870. The number of carbonyl (C=O) groups is 1. The van der Waals surface area contributed by atoms with Gasteiger partial charge in [-0.2, -0.15) is 5.10 Å². The molecule has 0 spiro atoms. The second-order valence-corrected chi connectivity index (χ2v) is 6.51. The molecule has 0 aliphatic heterocycles. The van der Waals surface area contributed by atoms with Crippen molar-refractivity contribution in [1.82, 2.24) is 20.1 Å². The Bertz CT molecular complexity index is 1060. The molecule has 2 aromatic heterocycles. The molecule has 1 unspecified atom stereocenters. The third-order valence-corrected chi connectivity index (χ3v) is 4.58. The predicted octanol–water partition coefficient (Wildman–Crippen LogP) is 4.43. The SMILES string of the molecule is CC(NC(=O)c1cn(-c2ccccc2)nc1-c1ccccc1)c1ccncc1. The number of amides is 1. The Morgan fingerprint density at radius 1 is 0.929 bits per heavy atom. The minimum Gasteiger partial charge on any atom is -0.345 e. The first-order valence-corrected chi connectivity index (χ1v) is 9.13. The topological polar surface area (TPSA) is 59.8 Å². The maximum absolute atomic E-state index is 13.1. The van der Waals surface area contributed by atoms with Gasteiger partial charge in [0.25, 0.3) is 5.91 Å². The highest BCUT2D eigenvalue weighted by Crippen LogP contribution is 2.24. The van der Waals surface area contributed by atoms with Gasteiger partial charge in [0.1, 0.15) is 5.69 Å². The summed E-state index contributed by atoms with van der Waals surface area (Å²) in [5, 5.41) is 7.77. The van der Waals surface area contributed by atoms with Crippen LogP contribution in [-0.4, -0.2) is 20.7 Å². The molecule has 5 nitrogen and oxygen atoms in total. The second kappa shape index (κ2) is 7.88. The maximum Gasteiger partial charge on any atom is 0.255 e. The van der Waals surface area contributed by atoms with Crippen LogP contribution in [0.1, 0.15) is 28.9 Å². The molecule has 0 saturated carbocycles. The summed E-state index contributed by atoms with van der Waals surface area (Å²) in [4.78, 5) is 17.1. The first-order chi connectivity index (χ1) is 13.7. The highest BCUT2D eigenvalue weighted by Gasteiger charge is 2.20. The van der Waals surface area contributed by atoms with Crippen LogP contribution < -0.4 is 5.32 Å². The Morgan fingerprint density at radius 2 is 1.57 bits per heavy atom. The number of para-hydroxylation sites is 1. The van der Waals surface area contributed by atoms with Gasteiger partial charge < -0.3 is 5.32 Å². The number of hydrogen-bond donors (Lipinski definition) is 1. The van der Waals surface area contributed by atoms with Crippen LogP contribution in [0.4, 0.5) is 0 Å². The third-order valence-electron chi connectivity index (χ3n) is 4.58. The van der Waals surface area contributed by atoms with Gasteiger partial charge in [-0.1, -0.05) is 48.5 Å². The van der Waals surface area contributed by atoms with E-state index in [0.29, 0.717) is 11.3 Å². The highest BCUT2D eigenvalue weighted by molar-refractivity contribution is 6.00. The van der Waals surface area contributed by atoms with Gasteiger partial charge in [0, 0.05) is 24.2 Å². The molecule has 1 N–H and O–H groups in total. The van der Waals surface area contributed by atoms with E-state index in [1.54, 1.807) is 23.3 Å². The largest absolute Gasteiger partial charge is 0.345 e. The lowest BCUT2D eigenvalue weighted by Gasteiger charge is -2.14. The van der Waals surface area contributed by atoms with Crippen LogP contribution in [0.25, 0.3) is 16.9 Å². The van der Waals surface area contributed by atoms with E-state index in [1.165, 1.54) is 0 Å². The number of pyridine rings is 1. The molecule has 5 heteroatoms. The molecule has 0 saturated heterocycles. The highest BCUT2D eigenvalue weighted by atomic mass is 16.1. The monoisotopic (exact) mass is 368 g/mol. The van der Waals surface area contributed by atoms with Gasteiger partial charge in [0.2, 0.25) is 0 Å². The van der Waals surface area contributed by atoms with Crippen molar-refractivity contribution in [3.8, 4) is 16.9 Å². The maximum atomic E-state index is 13.1. The van der Waals surface area contributed by atoms with Crippen LogP contribution in [0, 0.1) is 0 Å². The molecule has 4 aromatic rings. The predicted molar refractivity (Wildman–Crippen MR) is 109 cm³/mol. The number of rotatable bonds is 5. The Kier molecular flexibility index (Phi) is 4.97. The summed E-state index contributed by atoms with van der Waals surface area (Å²) in [6.45, 7) is 1.96. The van der Waals surface area contributed by atoms with Crippen molar-refractivity contribution in [3.05, 3.63) is 103 Å². The van der Waals surface area contributed by atoms with Gasteiger partial charge in [-0.05, 0) is 36.8 Å². The summed E-state index contributed by atoms with van der Waals surface area (Å²) in [5.74, 6) is -0.162. The number of aromatic nitrogens is 3. The van der Waals surface area contributed by atoms with Crippen LogP contribution in [0.2, 0.25) is 0 Å². The van der Waals surface area contributed by atoms with Crippen LogP contribution >= 0.6 is 0 Å². The molecule has 0 aliphatic carbocycles. The normalized spacial score (nSPS) is 11.8. The average Bonchev–Trinajstić information content (AvgIpc) is 3.21. The zero-order chi connectivity index (χ0) is 19.3. The van der Waals surface area contributed by atoms with Crippen molar-refractivity contribution < 1.29 is 4.79 Å². The zero-order valence-electron chi connectivity index (χ0n) is 15.5.